The zero-order valence-electron chi connectivity index (χ0n) is 11.6. The van der Waals surface area contributed by atoms with Crippen molar-refractivity contribution < 1.29 is 18.3 Å². The average molecular weight is 301 g/mol. The summed E-state index contributed by atoms with van der Waals surface area (Å²) in [6.07, 6.45) is -3.37. The molecule has 0 amide bonds. The predicted molar refractivity (Wildman–Crippen MR) is 74.5 cm³/mol. The fourth-order valence-corrected chi connectivity index (χ4v) is 2.58. The first-order chi connectivity index (χ1) is 9.68. The van der Waals surface area contributed by atoms with E-state index in [1.54, 1.807) is 7.05 Å². The molecule has 0 spiro atoms. The Hall–Kier alpha value is -1.76. The number of rotatable bonds is 4. The smallest absolute Gasteiger partial charge is 0.393 e. The van der Waals surface area contributed by atoms with Gasteiger partial charge in [-0.1, -0.05) is 0 Å². The van der Waals surface area contributed by atoms with Crippen molar-refractivity contribution >= 4 is 11.5 Å². The summed E-state index contributed by atoms with van der Waals surface area (Å²) in [5, 5.41) is 16.6. The summed E-state index contributed by atoms with van der Waals surface area (Å²) in [7, 11) is 1.78. The van der Waals surface area contributed by atoms with Crippen LogP contribution in [0.4, 0.5) is 18.9 Å². The molecule has 0 unspecified atom stereocenters. The molecule has 7 heteroatoms. The molecule has 0 aliphatic heterocycles. The second kappa shape index (κ2) is 5.55. The highest BCUT2D eigenvalue weighted by molar-refractivity contribution is 5.97. The van der Waals surface area contributed by atoms with Crippen LogP contribution in [0.3, 0.4) is 0 Å². The van der Waals surface area contributed by atoms with Crippen molar-refractivity contribution in [3.8, 4) is 0 Å². The first-order valence-corrected chi connectivity index (χ1v) is 6.63. The van der Waals surface area contributed by atoms with E-state index in [-0.39, 0.29) is 11.7 Å². The number of nitrogens with two attached hydrogens (primary N) is 1. The quantitative estimate of drug-likeness (QED) is 0.589. The van der Waals surface area contributed by atoms with E-state index in [0.717, 1.165) is 6.07 Å². The van der Waals surface area contributed by atoms with Crippen LogP contribution in [0, 0.1) is 11.3 Å². The fraction of sp³-hybridized carbons (Fsp3) is 0.500. The Kier molecular flexibility index (Phi) is 4.13. The lowest BCUT2D eigenvalue weighted by molar-refractivity contribution is -0.137. The Balaban J connectivity index is 2.21. The lowest BCUT2D eigenvalue weighted by atomic mass is 9.82. The number of anilines is 1. The van der Waals surface area contributed by atoms with Gasteiger partial charge in [-0.2, -0.15) is 13.2 Å². The van der Waals surface area contributed by atoms with Gasteiger partial charge >= 0.3 is 6.18 Å². The second-order valence-corrected chi connectivity index (χ2v) is 5.51. The van der Waals surface area contributed by atoms with Crippen molar-refractivity contribution in [2.24, 2.45) is 11.7 Å². The van der Waals surface area contributed by atoms with Crippen LogP contribution in [0.1, 0.15) is 24.0 Å². The number of benzene rings is 1. The summed E-state index contributed by atoms with van der Waals surface area (Å²) in [4.78, 5) is 1.82. The molecule has 1 fully saturated rings. The van der Waals surface area contributed by atoms with E-state index in [4.69, 9.17) is 11.1 Å². The Labute approximate surface area is 120 Å². The number of amidine groups is 1. The Morgan fingerprint density at radius 3 is 2.52 bits per heavy atom. The fourth-order valence-electron chi connectivity index (χ4n) is 2.58. The third-order valence-corrected chi connectivity index (χ3v) is 3.78. The van der Waals surface area contributed by atoms with Crippen LogP contribution in [-0.2, 0) is 6.18 Å². The molecule has 1 aliphatic rings. The topological polar surface area (TPSA) is 73.3 Å². The number of hydrogen-bond acceptors (Lipinski definition) is 3. The molecular formula is C14H18F3N3O. The van der Waals surface area contributed by atoms with Crippen LogP contribution in [0.5, 0.6) is 0 Å². The molecule has 0 aromatic heterocycles. The van der Waals surface area contributed by atoms with Gasteiger partial charge in [-0.25, -0.2) is 0 Å². The standard InChI is InChI=1S/C14H18F3N3O/c1-20(7-8-4-10(21)5-8)9-2-3-12(14(15,16)17)11(6-9)13(18)19/h2-3,6,8,10,21H,4-5,7H2,1H3,(H3,18,19). The Bertz CT molecular complexity index is 539. The van der Waals surface area contributed by atoms with Crippen LogP contribution in [0.25, 0.3) is 0 Å². The zero-order valence-corrected chi connectivity index (χ0v) is 11.6. The number of nitrogens with zero attached hydrogens (tertiary/aromatic N) is 1. The third kappa shape index (κ3) is 3.47. The van der Waals surface area contributed by atoms with E-state index in [2.05, 4.69) is 0 Å². The van der Waals surface area contributed by atoms with E-state index in [1.807, 2.05) is 4.90 Å². The first-order valence-electron chi connectivity index (χ1n) is 6.63. The lowest BCUT2D eigenvalue weighted by Gasteiger charge is -2.35. The molecule has 4 N–H and O–H groups in total. The highest BCUT2D eigenvalue weighted by Crippen LogP contribution is 2.34. The minimum Gasteiger partial charge on any atom is -0.393 e. The van der Waals surface area contributed by atoms with E-state index in [9.17, 15) is 18.3 Å². The predicted octanol–water partition coefficient (Wildman–Crippen LogP) is 2.20. The largest absolute Gasteiger partial charge is 0.417 e. The van der Waals surface area contributed by atoms with Gasteiger partial charge in [-0.05, 0) is 37.0 Å². The minimum atomic E-state index is -4.53. The maximum Gasteiger partial charge on any atom is 0.417 e. The van der Waals surface area contributed by atoms with Gasteiger partial charge in [0.2, 0.25) is 0 Å². The van der Waals surface area contributed by atoms with Crippen molar-refractivity contribution in [2.75, 3.05) is 18.5 Å². The number of aliphatic hydroxyl groups is 1. The molecule has 0 saturated heterocycles. The van der Waals surface area contributed by atoms with Crippen LogP contribution in [0.2, 0.25) is 0 Å². The average Bonchev–Trinajstić information content (AvgIpc) is 2.35. The van der Waals surface area contributed by atoms with Crippen molar-refractivity contribution in [3.05, 3.63) is 29.3 Å². The molecule has 0 atom stereocenters. The summed E-state index contributed by atoms with van der Waals surface area (Å²) < 4.78 is 38.6. The monoisotopic (exact) mass is 301 g/mol. The number of aliphatic hydroxyl groups excluding tert-OH is 1. The zero-order chi connectivity index (χ0) is 15.8. The number of alkyl halides is 3. The number of hydrogen-bond donors (Lipinski definition) is 3. The van der Waals surface area contributed by atoms with E-state index in [1.165, 1.54) is 12.1 Å². The normalized spacial score (nSPS) is 21.8. The second-order valence-electron chi connectivity index (χ2n) is 5.51. The molecule has 116 valence electrons. The van der Waals surface area contributed by atoms with Gasteiger partial charge in [-0.15, -0.1) is 0 Å². The van der Waals surface area contributed by atoms with Crippen LogP contribution in [-0.4, -0.2) is 30.6 Å². The van der Waals surface area contributed by atoms with Gasteiger partial charge < -0.3 is 15.7 Å². The Morgan fingerprint density at radius 2 is 2.05 bits per heavy atom. The van der Waals surface area contributed by atoms with E-state index in [0.29, 0.717) is 31.0 Å². The molecule has 1 saturated carbocycles. The first kappa shape index (κ1) is 15.6. The molecule has 1 aliphatic carbocycles. The number of halogens is 3. The highest BCUT2D eigenvalue weighted by Gasteiger charge is 2.34. The summed E-state index contributed by atoms with van der Waals surface area (Å²) in [5.41, 5.74) is 4.64. The Morgan fingerprint density at radius 1 is 1.43 bits per heavy atom. The van der Waals surface area contributed by atoms with Gasteiger partial charge in [0.05, 0.1) is 11.7 Å². The molecule has 0 heterocycles. The molecule has 1 aromatic carbocycles. The van der Waals surface area contributed by atoms with E-state index >= 15 is 0 Å². The van der Waals surface area contributed by atoms with Crippen molar-refractivity contribution in [1.82, 2.24) is 0 Å². The maximum absolute atomic E-state index is 12.9. The van der Waals surface area contributed by atoms with Crippen molar-refractivity contribution in [1.29, 1.82) is 5.41 Å². The summed E-state index contributed by atoms with van der Waals surface area (Å²) in [6, 6.07) is 3.63. The van der Waals surface area contributed by atoms with Crippen LogP contribution in [0.15, 0.2) is 18.2 Å². The summed E-state index contributed by atoms with van der Waals surface area (Å²) in [5.74, 6) is -0.260. The lowest BCUT2D eigenvalue weighted by Crippen LogP contribution is -2.37. The van der Waals surface area contributed by atoms with Gasteiger partial charge in [0.15, 0.2) is 0 Å². The van der Waals surface area contributed by atoms with E-state index < -0.39 is 17.6 Å². The SMILES string of the molecule is CN(CC1CC(O)C1)c1ccc(C(F)(F)F)c(C(=N)N)c1. The molecule has 0 radical (unpaired) electrons. The summed E-state index contributed by atoms with van der Waals surface area (Å²) >= 11 is 0. The van der Waals surface area contributed by atoms with Gasteiger partial charge in [0.25, 0.3) is 0 Å². The molecular weight excluding hydrogens is 283 g/mol. The molecule has 2 rings (SSSR count). The number of nitrogen functional groups attached to an aromatic ring is 1. The molecule has 4 nitrogen and oxygen atoms in total. The minimum absolute atomic E-state index is 0.260. The maximum atomic E-state index is 12.9. The molecule has 0 bridgehead atoms. The third-order valence-electron chi connectivity index (χ3n) is 3.78. The van der Waals surface area contributed by atoms with Gasteiger partial charge in [0, 0.05) is 24.8 Å². The van der Waals surface area contributed by atoms with Gasteiger partial charge in [-0.3, -0.25) is 5.41 Å². The van der Waals surface area contributed by atoms with Gasteiger partial charge in [0.1, 0.15) is 5.84 Å². The highest BCUT2D eigenvalue weighted by atomic mass is 19.4. The number of nitrogens with one attached hydrogen (secondary N) is 1. The van der Waals surface area contributed by atoms with Crippen LogP contribution < -0.4 is 10.6 Å². The molecule has 1 aromatic rings. The van der Waals surface area contributed by atoms with Crippen molar-refractivity contribution in [2.45, 2.75) is 25.1 Å². The van der Waals surface area contributed by atoms with Crippen molar-refractivity contribution in [3.63, 3.8) is 0 Å². The molecule has 21 heavy (non-hydrogen) atoms. The summed E-state index contributed by atoms with van der Waals surface area (Å²) in [6.45, 7) is 0.653. The van der Waals surface area contributed by atoms with Crippen LogP contribution >= 0.6 is 0 Å².